The number of amides is 1. The fourth-order valence-electron chi connectivity index (χ4n) is 4.31. The van der Waals surface area contributed by atoms with Crippen LogP contribution in [0.3, 0.4) is 0 Å². The number of para-hydroxylation sites is 1. The first-order valence-corrected chi connectivity index (χ1v) is 13.1. The van der Waals surface area contributed by atoms with Gasteiger partial charge in [-0.2, -0.15) is 5.26 Å². The van der Waals surface area contributed by atoms with Crippen molar-refractivity contribution in [2.45, 2.75) is 43.9 Å². The SMILES string of the molecule is COc1cccc(OC)c1-n1c(NS(=O)(=O)C(C)CN2C(=O)CCCC2(C)C#N)nnc1-c1ccco1. The summed E-state index contributed by atoms with van der Waals surface area (Å²) >= 11 is 0. The van der Waals surface area contributed by atoms with E-state index in [1.54, 1.807) is 37.3 Å². The number of ether oxygens (including phenoxy) is 2. The third-order valence-electron chi connectivity index (χ3n) is 6.42. The van der Waals surface area contributed by atoms with Gasteiger partial charge in [-0.15, -0.1) is 10.2 Å². The fraction of sp³-hybridized carbons (Fsp3) is 0.417. The van der Waals surface area contributed by atoms with E-state index in [9.17, 15) is 18.5 Å². The second-order valence-electron chi connectivity index (χ2n) is 8.87. The average Bonchev–Trinajstić information content (AvgIpc) is 3.55. The number of nitrogens with zero attached hydrogens (tertiary/aromatic N) is 5. The Kier molecular flexibility index (Phi) is 7.13. The second-order valence-corrected chi connectivity index (χ2v) is 11.0. The van der Waals surface area contributed by atoms with Crippen molar-refractivity contribution in [3.63, 3.8) is 0 Å². The largest absolute Gasteiger partial charge is 0.494 e. The van der Waals surface area contributed by atoms with Gasteiger partial charge in [-0.3, -0.25) is 14.1 Å². The number of rotatable bonds is 9. The number of hydrogen-bond donors (Lipinski definition) is 1. The number of methoxy groups -OCH3 is 2. The molecular weight excluding hydrogens is 500 g/mol. The summed E-state index contributed by atoms with van der Waals surface area (Å²) in [6.07, 6.45) is 2.79. The zero-order chi connectivity index (χ0) is 26.8. The fourth-order valence-corrected chi connectivity index (χ4v) is 5.24. The molecule has 0 aliphatic carbocycles. The molecule has 1 amide bonds. The zero-order valence-corrected chi connectivity index (χ0v) is 21.8. The highest BCUT2D eigenvalue weighted by Gasteiger charge is 2.41. The number of aromatic nitrogens is 3. The van der Waals surface area contributed by atoms with Gasteiger partial charge in [-0.25, -0.2) is 8.42 Å². The molecule has 13 heteroatoms. The molecule has 1 aliphatic rings. The van der Waals surface area contributed by atoms with Crippen LogP contribution >= 0.6 is 0 Å². The van der Waals surface area contributed by atoms with Gasteiger partial charge in [0, 0.05) is 13.0 Å². The van der Waals surface area contributed by atoms with Crippen molar-refractivity contribution in [2.24, 2.45) is 0 Å². The monoisotopic (exact) mass is 528 g/mol. The molecule has 1 aliphatic heterocycles. The summed E-state index contributed by atoms with van der Waals surface area (Å²) in [5.41, 5.74) is -0.714. The minimum atomic E-state index is -4.11. The van der Waals surface area contributed by atoms with Crippen molar-refractivity contribution in [2.75, 3.05) is 25.5 Å². The Bertz CT molecular complexity index is 1410. The van der Waals surface area contributed by atoms with Crippen molar-refractivity contribution < 1.29 is 27.1 Å². The Morgan fingerprint density at radius 2 is 1.92 bits per heavy atom. The van der Waals surface area contributed by atoms with E-state index in [-0.39, 0.29) is 30.6 Å². The quantitative estimate of drug-likeness (QED) is 0.442. The Balaban J connectivity index is 1.75. The summed E-state index contributed by atoms with van der Waals surface area (Å²) in [6.45, 7) is 2.96. The summed E-state index contributed by atoms with van der Waals surface area (Å²) in [6, 6.07) is 10.6. The molecule has 1 saturated heterocycles. The first-order chi connectivity index (χ1) is 17.6. The van der Waals surface area contributed by atoms with Gasteiger partial charge in [0.15, 0.2) is 5.76 Å². The van der Waals surface area contributed by atoms with Gasteiger partial charge in [0.05, 0.1) is 31.8 Å². The maximum Gasteiger partial charge on any atom is 0.243 e. The molecule has 2 atom stereocenters. The third-order valence-corrected chi connectivity index (χ3v) is 8.10. The number of nitriles is 1. The van der Waals surface area contributed by atoms with E-state index in [0.717, 1.165) is 0 Å². The van der Waals surface area contributed by atoms with Crippen LogP contribution < -0.4 is 14.2 Å². The topological polar surface area (TPSA) is 153 Å². The lowest BCUT2D eigenvalue weighted by atomic mass is 9.89. The highest BCUT2D eigenvalue weighted by Crippen LogP contribution is 2.38. The van der Waals surface area contributed by atoms with E-state index in [2.05, 4.69) is 21.0 Å². The Morgan fingerprint density at radius 1 is 1.22 bits per heavy atom. The van der Waals surface area contributed by atoms with Gasteiger partial charge in [0.25, 0.3) is 0 Å². The van der Waals surface area contributed by atoms with Crippen LogP contribution in [0, 0.1) is 11.3 Å². The average molecular weight is 529 g/mol. The number of piperidine rings is 1. The number of benzene rings is 1. The number of nitrogens with one attached hydrogen (secondary N) is 1. The number of furan rings is 1. The Labute approximate surface area is 214 Å². The third kappa shape index (κ3) is 4.84. The predicted octanol–water partition coefficient (Wildman–Crippen LogP) is 2.97. The van der Waals surface area contributed by atoms with E-state index < -0.39 is 20.8 Å². The summed E-state index contributed by atoms with van der Waals surface area (Å²) in [7, 11) is -1.16. The lowest BCUT2D eigenvalue weighted by molar-refractivity contribution is -0.138. The predicted molar refractivity (Wildman–Crippen MR) is 134 cm³/mol. The zero-order valence-electron chi connectivity index (χ0n) is 21.0. The molecule has 37 heavy (non-hydrogen) atoms. The smallest absolute Gasteiger partial charge is 0.243 e. The van der Waals surface area contributed by atoms with Crippen molar-refractivity contribution in [3.8, 4) is 34.8 Å². The molecule has 0 bridgehead atoms. The van der Waals surface area contributed by atoms with E-state index in [4.69, 9.17) is 13.9 Å². The molecule has 0 radical (unpaired) electrons. The molecule has 1 fully saturated rings. The number of hydrogen-bond acceptors (Lipinski definition) is 9. The lowest BCUT2D eigenvalue weighted by Gasteiger charge is -2.40. The molecule has 4 rings (SSSR count). The molecule has 2 unspecified atom stereocenters. The first kappa shape index (κ1) is 26.0. The minimum Gasteiger partial charge on any atom is -0.494 e. The molecular formula is C24H28N6O6S. The van der Waals surface area contributed by atoms with Gasteiger partial charge in [-0.05, 0) is 51.0 Å². The van der Waals surface area contributed by atoms with Crippen LogP contribution in [0.15, 0.2) is 41.0 Å². The maximum absolute atomic E-state index is 13.5. The molecule has 196 valence electrons. The molecule has 3 aromatic rings. The number of likely N-dealkylation sites (tertiary alicyclic amines) is 1. The van der Waals surface area contributed by atoms with Crippen LogP contribution in [0.5, 0.6) is 11.5 Å². The van der Waals surface area contributed by atoms with Crippen LogP contribution in [-0.4, -0.2) is 65.5 Å². The van der Waals surface area contributed by atoms with Gasteiger partial charge in [0.1, 0.15) is 22.7 Å². The van der Waals surface area contributed by atoms with Crippen LogP contribution in [0.4, 0.5) is 5.95 Å². The van der Waals surface area contributed by atoms with Crippen molar-refractivity contribution in [1.82, 2.24) is 19.7 Å². The van der Waals surface area contributed by atoms with Gasteiger partial charge in [0.2, 0.25) is 27.7 Å². The van der Waals surface area contributed by atoms with Crippen LogP contribution in [-0.2, 0) is 14.8 Å². The van der Waals surface area contributed by atoms with E-state index in [1.807, 2.05) is 0 Å². The Morgan fingerprint density at radius 3 is 2.51 bits per heavy atom. The van der Waals surface area contributed by atoms with Crippen LogP contribution in [0.1, 0.15) is 33.1 Å². The maximum atomic E-state index is 13.5. The van der Waals surface area contributed by atoms with Crippen LogP contribution in [0.25, 0.3) is 17.3 Å². The number of anilines is 1. The van der Waals surface area contributed by atoms with Crippen molar-refractivity contribution >= 4 is 21.9 Å². The highest BCUT2D eigenvalue weighted by molar-refractivity contribution is 7.93. The van der Waals surface area contributed by atoms with E-state index in [0.29, 0.717) is 35.8 Å². The minimum absolute atomic E-state index is 0.130. The molecule has 1 aromatic carbocycles. The van der Waals surface area contributed by atoms with Gasteiger partial charge in [-0.1, -0.05) is 6.07 Å². The summed E-state index contributed by atoms with van der Waals surface area (Å²) in [5, 5.41) is 16.9. The first-order valence-electron chi connectivity index (χ1n) is 11.6. The van der Waals surface area contributed by atoms with E-state index >= 15 is 0 Å². The Hall–Kier alpha value is -4.05. The molecule has 3 heterocycles. The summed E-state index contributed by atoms with van der Waals surface area (Å²) < 4.78 is 47.4. The van der Waals surface area contributed by atoms with Gasteiger partial charge >= 0.3 is 0 Å². The van der Waals surface area contributed by atoms with Crippen LogP contribution in [0.2, 0.25) is 0 Å². The molecule has 12 nitrogen and oxygen atoms in total. The van der Waals surface area contributed by atoms with Crippen molar-refractivity contribution in [3.05, 3.63) is 36.6 Å². The highest BCUT2D eigenvalue weighted by atomic mass is 32.2. The molecule has 0 saturated carbocycles. The number of carbonyl (C=O) groups is 1. The van der Waals surface area contributed by atoms with E-state index in [1.165, 1.54) is 36.9 Å². The van der Waals surface area contributed by atoms with Gasteiger partial charge < -0.3 is 18.8 Å². The number of sulfonamides is 1. The normalized spacial score (nSPS) is 18.8. The molecule has 2 aromatic heterocycles. The second kappa shape index (κ2) is 10.1. The molecule has 1 N–H and O–H groups in total. The molecule has 0 spiro atoms. The summed E-state index contributed by atoms with van der Waals surface area (Å²) in [5.74, 6) is 0.922. The van der Waals surface area contributed by atoms with Crippen molar-refractivity contribution in [1.29, 1.82) is 5.26 Å². The summed E-state index contributed by atoms with van der Waals surface area (Å²) in [4.78, 5) is 13.9. The number of carbonyl (C=O) groups excluding carboxylic acids is 1. The standard InChI is InChI=1S/C24H28N6O6S/c1-16(14-29-20(31)11-6-12-24(29,2)15-25)37(32,33)28-23-27-26-22(19-10-7-13-36-19)30(23)21-17(34-3)8-5-9-18(21)35-4/h5,7-10,13,16H,6,11-12,14H2,1-4H3,(H,27,28). The lowest BCUT2D eigenvalue weighted by Crippen LogP contribution is -2.55.